The van der Waals surface area contributed by atoms with E-state index in [9.17, 15) is 12.8 Å². The average molecular weight is 300 g/mol. The lowest BCUT2D eigenvalue weighted by molar-refractivity contribution is 0.357. The van der Waals surface area contributed by atoms with Crippen LogP contribution in [0.3, 0.4) is 0 Å². The average Bonchev–Trinajstić information content (AvgIpc) is 2.47. The van der Waals surface area contributed by atoms with Gasteiger partial charge >= 0.3 is 0 Å². The van der Waals surface area contributed by atoms with Gasteiger partial charge in [0.05, 0.1) is 0 Å². The topological polar surface area (TPSA) is 72.2 Å². The molecular weight excluding hydrogens is 279 g/mol. The predicted octanol–water partition coefficient (Wildman–Crippen LogP) is 2.14. The van der Waals surface area contributed by atoms with Crippen molar-refractivity contribution in [1.82, 2.24) is 4.72 Å². The van der Waals surface area contributed by atoms with Crippen LogP contribution in [0.15, 0.2) is 23.1 Å². The maximum atomic E-state index is 13.7. The van der Waals surface area contributed by atoms with Crippen LogP contribution in [-0.4, -0.2) is 15.0 Å². The van der Waals surface area contributed by atoms with Crippen LogP contribution in [0.5, 0.6) is 0 Å². The van der Waals surface area contributed by atoms with Gasteiger partial charge in [0.15, 0.2) is 0 Å². The SMILES string of the molecule is NCc1ccc(F)c(S(=O)(=O)NCC2CCCCC2)c1. The van der Waals surface area contributed by atoms with Crippen molar-refractivity contribution in [2.75, 3.05) is 6.54 Å². The number of sulfonamides is 1. The quantitative estimate of drug-likeness (QED) is 0.875. The third-order valence-corrected chi connectivity index (χ3v) is 5.25. The number of hydrogen-bond acceptors (Lipinski definition) is 3. The van der Waals surface area contributed by atoms with E-state index in [-0.39, 0.29) is 11.4 Å². The molecule has 0 heterocycles. The second kappa shape index (κ2) is 6.65. The van der Waals surface area contributed by atoms with E-state index < -0.39 is 15.8 Å². The van der Waals surface area contributed by atoms with Crippen molar-refractivity contribution in [2.45, 2.75) is 43.5 Å². The minimum absolute atomic E-state index is 0.186. The van der Waals surface area contributed by atoms with Gasteiger partial charge in [0.1, 0.15) is 10.7 Å². The van der Waals surface area contributed by atoms with Gasteiger partial charge < -0.3 is 5.73 Å². The summed E-state index contributed by atoms with van der Waals surface area (Å²) in [5.74, 6) is -0.377. The number of hydrogen-bond donors (Lipinski definition) is 2. The van der Waals surface area contributed by atoms with Gasteiger partial charge in [-0.2, -0.15) is 0 Å². The Balaban J connectivity index is 2.09. The Morgan fingerprint density at radius 1 is 1.25 bits per heavy atom. The zero-order valence-corrected chi connectivity index (χ0v) is 12.3. The molecule has 112 valence electrons. The van der Waals surface area contributed by atoms with Crippen molar-refractivity contribution < 1.29 is 12.8 Å². The van der Waals surface area contributed by atoms with E-state index >= 15 is 0 Å². The Labute approximate surface area is 119 Å². The molecule has 0 unspecified atom stereocenters. The number of nitrogens with two attached hydrogens (primary N) is 1. The monoisotopic (exact) mass is 300 g/mol. The van der Waals surface area contributed by atoms with Gasteiger partial charge in [0.2, 0.25) is 10.0 Å². The lowest BCUT2D eigenvalue weighted by atomic mass is 9.90. The molecule has 0 bridgehead atoms. The van der Waals surface area contributed by atoms with E-state index in [2.05, 4.69) is 4.72 Å². The zero-order chi connectivity index (χ0) is 14.6. The highest BCUT2D eigenvalue weighted by Crippen LogP contribution is 2.23. The van der Waals surface area contributed by atoms with E-state index in [0.29, 0.717) is 18.0 Å². The highest BCUT2D eigenvalue weighted by Gasteiger charge is 2.22. The molecule has 1 aliphatic rings. The van der Waals surface area contributed by atoms with E-state index in [0.717, 1.165) is 31.7 Å². The highest BCUT2D eigenvalue weighted by molar-refractivity contribution is 7.89. The fourth-order valence-electron chi connectivity index (χ4n) is 2.58. The first-order valence-electron chi connectivity index (χ1n) is 7.01. The summed E-state index contributed by atoms with van der Waals surface area (Å²) in [7, 11) is -3.80. The van der Waals surface area contributed by atoms with Crippen molar-refractivity contribution in [1.29, 1.82) is 0 Å². The fourth-order valence-corrected chi connectivity index (χ4v) is 3.82. The lowest BCUT2D eigenvalue weighted by Gasteiger charge is -2.21. The molecule has 4 nitrogen and oxygen atoms in total. The standard InChI is InChI=1S/C14H21FN2O2S/c15-13-7-6-12(9-16)8-14(13)20(18,19)17-10-11-4-2-1-3-5-11/h6-8,11,17H,1-5,9-10,16H2. The number of benzene rings is 1. The molecule has 20 heavy (non-hydrogen) atoms. The van der Waals surface area contributed by atoms with Crippen LogP contribution in [0.2, 0.25) is 0 Å². The van der Waals surface area contributed by atoms with E-state index in [1.165, 1.54) is 18.6 Å². The molecular formula is C14H21FN2O2S. The van der Waals surface area contributed by atoms with Crippen molar-refractivity contribution in [3.63, 3.8) is 0 Å². The molecule has 1 aliphatic carbocycles. The van der Waals surface area contributed by atoms with Gasteiger partial charge in [-0.1, -0.05) is 25.3 Å². The molecule has 2 rings (SSSR count). The van der Waals surface area contributed by atoms with Crippen LogP contribution < -0.4 is 10.5 Å². The summed E-state index contributed by atoms with van der Waals surface area (Å²) < 4.78 is 40.6. The van der Waals surface area contributed by atoms with Gasteiger partial charge in [-0.05, 0) is 36.5 Å². The summed E-state index contributed by atoms with van der Waals surface area (Å²) in [6, 6.07) is 3.95. The molecule has 1 aromatic rings. The molecule has 0 amide bonds. The molecule has 0 spiro atoms. The fraction of sp³-hybridized carbons (Fsp3) is 0.571. The predicted molar refractivity (Wildman–Crippen MR) is 76.1 cm³/mol. The minimum atomic E-state index is -3.80. The Morgan fingerprint density at radius 3 is 2.60 bits per heavy atom. The first kappa shape index (κ1) is 15.4. The third kappa shape index (κ3) is 3.77. The van der Waals surface area contributed by atoms with E-state index in [1.54, 1.807) is 0 Å². The van der Waals surface area contributed by atoms with Crippen LogP contribution in [-0.2, 0) is 16.6 Å². The Bertz CT molecular complexity index is 554. The molecule has 0 atom stereocenters. The second-order valence-electron chi connectivity index (χ2n) is 5.32. The smallest absolute Gasteiger partial charge is 0.243 e. The van der Waals surface area contributed by atoms with Crippen molar-refractivity contribution >= 4 is 10.0 Å². The molecule has 6 heteroatoms. The summed E-state index contributed by atoms with van der Waals surface area (Å²) in [6.07, 6.45) is 5.57. The summed E-state index contributed by atoms with van der Waals surface area (Å²) >= 11 is 0. The Kier molecular flexibility index (Phi) is 5.12. The molecule has 0 aliphatic heterocycles. The van der Waals surface area contributed by atoms with Crippen LogP contribution >= 0.6 is 0 Å². The molecule has 1 aromatic carbocycles. The molecule has 3 N–H and O–H groups in total. The molecule has 0 aromatic heterocycles. The van der Waals surface area contributed by atoms with E-state index in [4.69, 9.17) is 5.73 Å². The first-order chi connectivity index (χ1) is 9.53. The summed E-state index contributed by atoms with van der Waals surface area (Å²) in [5.41, 5.74) is 6.07. The first-order valence-corrected chi connectivity index (χ1v) is 8.49. The number of halogens is 1. The van der Waals surface area contributed by atoms with Crippen molar-refractivity contribution in [2.24, 2.45) is 11.7 Å². The Hall–Kier alpha value is -0.980. The molecule has 0 radical (unpaired) electrons. The summed E-state index contributed by atoms with van der Waals surface area (Å²) in [6.45, 7) is 0.569. The van der Waals surface area contributed by atoms with Gasteiger partial charge in [-0.15, -0.1) is 0 Å². The molecule has 1 fully saturated rings. The summed E-state index contributed by atoms with van der Waals surface area (Å²) in [5, 5.41) is 0. The molecule has 1 saturated carbocycles. The largest absolute Gasteiger partial charge is 0.326 e. The van der Waals surface area contributed by atoms with Crippen molar-refractivity contribution in [3.05, 3.63) is 29.6 Å². The van der Waals surface area contributed by atoms with Crippen LogP contribution in [0.25, 0.3) is 0 Å². The van der Waals surface area contributed by atoms with E-state index in [1.807, 2.05) is 0 Å². The second-order valence-corrected chi connectivity index (χ2v) is 7.06. The highest BCUT2D eigenvalue weighted by atomic mass is 32.2. The maximum absolute atomic E-state index is 13.7. The zero-order valence-electron chi connectivity index (χ0n) is 11.4. The summed E-state index contributed by atoms with van der Waals surface area (Å²) in [4.78, 5) is -0.309. The maximum Gasteiger partial charge on any atom is 0.243 e. The van der Waals surface area contributed by atoms with Gasteiger partial charge in [-0.25, -0.2) is 17.5 Å². The van der Waals surface area contributed by atoms with Crippen LogP contribution in [0.1, 0.15) is 37.7 Å². The van der Waals surface area contributed by atoms with Crippen LogP contribution in [0, 0.1) is 11.7 Å². The van der Waals surface area contributed by atoms with Gasteiger partial charge in [-0.3, -0.25) is 0 Å². The number of nitrogens with one attached hydrogen (secondary N) is 1. The third-order valence-electron chi connectivity index (χ3n) is 3.81. The minimum Gasteiger partial charge on any atom is -0.326 e. The van der Waals surface area contributed by atoms with Crippen molar-refractivity contribution in [3.8, 4) is 0 Å². The normalized spacial score (nSPS) is 17.3. The number of rotatable bonds is 5. The van der Waals surface area contributed by atoms with Gasteiger partial charge in [0, 0.05) is 13.1 Å². The Morgan fingerprint density at radius 2 is 1.95 bits per heavy atom. The lowest BCUT2D eigenvalue weighted by Crippen LogP contribution is -2.31. The van der Waals surface area contributed by atoms with Crippen LogP contribution in [0.4, 0.5) is 4.39 Å². The van der Waals surface area contributed by atoms with Gasteiger partial charge in [0.25, 0.3) is 0 Å². The molecule has 0 saturated heterocycles.